The van der Waals surface area contributed by atoms with Gasteiger partial charge in [0, 0.05) is 25.0 Å². The van der Waals surface area contributed by atoms with Crippen molar-refractivity contribution in [2.45, 2.75) is 19.8 Å². The molecule has 0 fully saturated rings. The fraction of sp³-hybridized carbons (Fsp3) is 0.333. The predicted molar refractivity (Wildman–Crippen MR) is 60.5 cm³/mol. The number of aryl methyl sites for hydroxylation is 1. The molecule has 15 heavy (non-hydrogen) atoms. The van der Waals surface area contributed by atoms with Crippen molar-refractivity contribution in [2.24, 2.45) is 7.05 Å². The van der Waals surface area contributed by atoms with Gasteiger partial charge in [-0.25, -0.2) is 0 Å². The van der Waals surface area contributed by atoms with Crippen molar-refractivity contribution >= 4 is 0 Å². The molecule has 0 N–H and O–H groups in total. The molecule has 2 rings (SSSR count). The van der Waals surface area contributed by atoms with Crippen LogP contribution in [-0.2, 0) is 7.05 Å². The second-order valence-electron chi connectivity index (χ2n) is 4.03. The third kappa shape index (κ3) is 2.06. The van der Waals surface area contributed by atoms with Gasteiger partial charge in [0.2, 0.25) is 0 Å². The minimum absolute atomic E-state index is 0.528. The molecule has 2 aromatic heterocycles. The first-order chi connectivity index (χ1) is 7.16. The number of hydrogen-bond donors (Lipinski definition) is 0. The molecule has 0 atom stereocenters. The van der Waals surface area contributed by atoms with Crippen molar-refractivity contribution in [1.29, 1.82) is 0 Å². The Labute approximate surface area is 89.8 Å². The van der Waals surface area contributed by atoms with Crippen LogP contribution < -0.4 is 0 Å². The van der Waals surface area contributed by atoms with Crippen LogP contribution in [0.1, 0.15) is 25.3 Å². The summed E-state index contributed by atoms with van der Waals surface area (Å²) < 4.78 is 1.79. The van der Waals surface area contributed by atoms with Crippen molar-refractivity contribution in [3.05, 3.63) is 36.3 Å². The monoisotopic (exact) mass is 201 g/mol. The Morgan fingerprint density at radius 2 is 2.00 bits per heavy atom. The number of nitrogens with zero attached hydrogens (tertiary/aromatic N) is 3. The molecule has 78 valence electrons. The topological polar surface area (TPSA) is 30.7 Å². The van der Waals surface area contributed by atoms with E-state index in [1.54, 1.807) is 4.68 Å². The summed E-state index contributed by atoms with van der Waals surface area (Å²) in [7, 11) is 1.91. The summed E-state index contributed by atoms with van der Waals surface area (Å²) in [6.45, 7) is 4.33. The molecule has 3 heteroatoms. The zero-order valence-corrected chi connectivity index (χ0v) is 9.31. The zero-order chi connectivity index (χ0) is 10.8. The zero-order valence-electron chi connectivity index (χ0n) is 9.31. The number of rotatable bonds is 2. The smallest absolute Gasteiger partial charge is 0.0733 e. The first-order valence-electron chi connectivity index (χ1n) is 5.12. The number of pyridine rings is 1. The molecule has 0 saturated heterocycles. The Bertz CT molecular complexity index is 440. The quantitative estimate of drug-likeness (QED) is 0.747. The first-order valence-corrected chi connectivity index (χ1v) is 5.12. The molecule has 0 amide bonds. The van der Waals surface area contributed by atoms with Gasteiger partial charge in [-0.05, 0) is 17.5 Å². The highest BCUT2D eigenvalue weighted by atomic mass is 15.2. The summed E-state index contributed by atoms with van der Waals surface area (Å²) in [5, 5.41) is 4.13. The molecule has 0 aliphatic heterocycles. The van der Waals surface area contributed by atoms with Crippen LogP contribution in [0.5, 0.6) is 0 Å². The number of aromatic nitrogens is 3. The highest BCUT2D eigenvalue weighted by molar-refractivity contribution is 5.56. The lowest BCUT2D eigenvalue weighted by atomic mass is 10.1. The fourth-order valence-corrected chi connectivity index (χ4v) is 1.47. The standard InChI is InChI=1S/C12H15N3/c1-9(2)10-4-5-12(13-6-10)11-7-14-15(3)8-11/h4-9H,1-3H3. The van der Waals surface area contributed by atoms with Gasteiger partial charge in [-0.2, -0.15) is 5.10 Å². The molecule has 0 unspecified atom stereocenters. The Balaban J connectivity index is 2.31. The van der Waals surface area contributed by atoms with Crippen LogP contribution in [0.25, 0.3) is 11.3 Å². The third-order valence-electron chi connectivity index (χ3n) is 2.45. The van der Waals surface area contributed by atoms with Crippen molar-refractivity contribution in [3.63, 3.8) is 0 Å². The van der Waals surface area contributed by atoms with Crippen LogP contribution in [0, 0.1) is 0 Å². The molecule has 0 spiro atoms. The molecular weight excluding hydrogens is 186 g/mol. The highest BCUT2D eigenvalue weighted by Crippen LogP contribution is 2.18. The van der Waals surface area contributed by atoms with Crippen molar-refractivity contribution < 1.29 is 0 Å². The maximum atomic E-state index is 4.43. The first kappa shape index (κ1) is 9.90. The maximum absolute atomic E-state index is 4.43. The molecular formula is C12H15N3. The molecule has 0 aromatic carbocycles. The highest BCUT2D eigenvalue weighted by Gasteiger charge is 2.03. The van der Waals surface area contributed by atoms with Crippen LogP contribution in [0.3, 0.4) is 0 Å². The van der Waals surface area contributed by atoms with Crippen molar-refractivity contribution in [1.82, 2.24) is 14.8 Å². The molecule has 0 aliphatic rings. The average molecular weight is 201 g/mol. The van der Waals surface area contributed by atoms with Crippen LogP contribution in [-0.4, -0.2) is 14.8 Å². The molecule has 2 aromatic rings. The van der Waals surface area contributed by atoms with E-state index in [0.29, 0.717) is 5.92 Å². The lowest BCUT2D eigenvalue weighted by Crippen LogP contribution is -1.89. The van der Waals surface area contributed by atoms with E-state index in [2.05, 4.69) is 30.0 Å². The van der Waals surface area contributed by atoms with Gasteiger partial charge in [0.15, 0.2) is 0 Å². The summed E-state index contributed by atoms with van der Waals surface area (Å²) in [4.78, 5) is 4.43. The second-order valence-corrected chi connectivity index (χ2v) is 4.03. The van der Waals surface area contributed by atoms with E-state index in [9.17, 15) is 0 Å². The minimum atomic E-state index is 0.528. The van der Waals surface area contributed by atoms with E-state index >= 15 is 0 Å². The lowest BCUT2D eigenvalue weighted by Gasteiger charge is -2.04. The maximum Gasteiger partial charge on any atom is 0.0733 e. The summed E-state index contributed by atoms with van der Waals surface area (Å²) in [6.07, 6.45) is 5.74. The van der Waals surface area contributed by atoms with Crippen LogP contribution in [0.15, 0.2) is 30.7 Å². The van der Waals surface area contributed by atoms with Gasteiger partial charge in [0.1, 0.15) is 0 Å². The van der Waals surface area contributed by atoms with E-state index in [-0.39, 0.29) is 0 Å². The van der Waals surface area contributed by atoms with Crippen LogP contribution in [0.4, 0.5) is 0 Å². The molecule has 0 radical (unpaired) electrons. The van der Waals surface area contributed by atoms with E-state index < -0.39 is 0 Å². The Hall–Kier alpha value is -1.64. The summed E-state index contributed by atoms with van der Waals surface area (Å²) in [5.41, 5.74) is 3.31. The van der Waals surface area contributed by atoms with Crippen LogP contribution >= 0.6 is 0 Å². The van der Waals surface area contributed by atoms with Gasteiger partial charge in [0.25, 0.3) is 0 Å². The lowest BCUT2D eigenvalue weighted by molar-refractivity contribution is 0.768. The normalized spacial score (nSPS) is 10.9. The van der Waals surface area contributed by atoms with E-state index in [0.717, 1.165) is 11.3 Å². The van der Waals surface area contributed by atoms with E-state index in [1.165, 1.54) is 5.56 Å². The summed E-state index contributed by atoms with van der Waals surface area (Å²) >= 11 is 0. The van der Waals surface area contributed by atoms with E-state index in [4.69, 9.17) is 0 Å². The minimum Gasteiger partial charge on any atom is -0.275 e. The van der Waals surface area contributed by atoms with Crippen molar-refractivity contribution in [2.75, 3.05) is 0 Å². The number of hydrogen-bond acceptors (Lipinski definition) is 2. The Morgan fingerprint density at radius 3 is 2.47 bits per heavy atom. The average Bonchev–Trinajstić information content (AvgIpc) is 2.65. The predicted octanol–water partition coefficient (Wildman–Crippen LogP) is 2.61. The largest absolute Gasteiger partial charge is 0.275 e. The Kier molecular flexibility index (Phi) is 2.54. The Morgan fingerprint density at radius 1 is 1.20 bits per heavy atom. The summed E-state index contributed by atoms with van der Waals surface area (Å²) in [6, 6.07) is 4.17. The third-order valence-corrected chi connectivity index (χ3v) is 2.45. The molecule has 0 bridgehead atoms. The van der Waals surface area contributed by atoms with Crippen LogP contribution in [0.2, 0.25) is 0 Å². The van der Waals surface area contributed by atoms with Crippen molar-refractivity contribution in [3.8, 4) is 11.3 Å². The molecule has 0 aliphatic carbocycles. The summed E-state index contributed by atoms with van der Waals surface area (Å²) in [5.74, 6) is 0.528. The molecule has 2 heterocycles. The molecule has 0 saturated carbocycles. The van der Waals surface area contributed by atoms with Gasteiger partial charge >= 0.3 is 0 Å². The fourth-order valence-electron chi connectivity index (χ4n) is 1.47. The SMILES string of the molecule is CC(C)c1ccc(-c2cnn(C)c2)nc1. The van der Waals surface area contributed by atoms with Gasteiger partial charge in [-0.3, -0.25) is 9.67 Å². The van der Waals surface area contributed by atoms with Gasteiger partial charge in [-0.1, -0.05) is 19.9 Å². The van der Waals surface area contributed by atoms with Gasteiger partial charge in [0.05, 0.1) is 11.9 Å². The second kappa shape index (κ2) is 3.85. The molecule has 3 nitrogen and oxygen atoms in total. The van der Waals surface area contributed by atoms with Gasteiger partial charge < -0.3 is 0 Å². The van der Waals surface area contributed by atoms with E-state index in [1.807, 2.05) is 31.7 Å². The van der Waals surface area contributed by atoms with Gasteiger partial charge in [-0.15, -0.1) is 0 Å².